The van der Waals surface area contributed by atoms with Gasteiger partial charge in [0.05, 0.1) is 4.92 Å². The number of nitro benzene ring substituents is 1. The maximum absolute atomic E-state index is 13.6. The van der Waals surface area contributed by atoms with Crippen molar-refractivity contribution in [1.82, 2.24) is 10.2 Å². The molecule has 176 valence electrons. The second-order valence-corrected chi connectivity index (χ2v) is 8.89. The minimum absolute atomic E-state index is 0.0130. The van der Waals surface area contributed by atoms with Gasteiger partial charge in [-0.1, -0.05) is 66.7 Å². The average Bonchev–Trinajstić information content (AvgIpc) is 2.85. The fourth-order valence-corrected chi connectivity index (χ4v) is 4.45. The molecule has 0 saturated heterocycles. The fraction of sp³-hybridized carbons (Fsp3) is 0.231. The predicted molar refractivity (Wildman–Crippen MR) is 133 cm³/mol. The van der Waals surface area contributed by atoms with Gasteiger partial charge < -0.3 is 10.2 Å². The lowest BCUT2D eigenvalue weighted by Gasteiger charge is -2.28. The molecule has 0 heterocycles. The van der Waals surface area contributed by atoms with Gasteiger partial charge in [-0.25, -0.2) is 0 Å². The Morgan fingerprint density at radius 3 is 2.24 bits per heavy atom. The van der Waals surface area contributed by atoms with Crippen molar-refractivity contribution < 1.29 is 14.5 Å². The number of nitro groups is 1. The van der Waals surface area contributed by atoms with Crippen molar-refractivity contribution in [2.24, 2.45) is 0 Å². The standard InChI is InChI=1S/C26H27N3O4S/c1-20(30)27-25(19-34-24-14-8-13-23(17-24)29(32)33)26(31)28(18-22-11-6-3-7-12-22)16-15-21-9-4-2-5-10-21/h2-14,17,25H,15-16,18-19H2,1H3,(H,27,30). The lowest BCUT2D eigenvalue weighted by molar-refractivity contribution is -0.385. The Hall–Kier alpha value is -3.65. The summed E-state index contributed by atoms with van der Waals surface area (Å²) >= 11 is 1.30. The van der Waals surface area contributed by atoms with Crippen molar-refractivity contribution >= 4 is 29.3 Å². The second-order valence-electron chi connectivity index (χ2n) is 7.80. The van der Waals surface area contributed by atoms with E-state index in [9.17, 15) is 19.7 Å². The molecule has 0 saturated carbocycles. The highest BCUT2D eigenvalue weighted by atomic mass is 32.2. The van der Waals surface area contributed by atoms with E-state index in [1.165, 1.54) is 30.8 Å². The molecular formula is C26H27N3O4S. The van der Waals surface area contributed by atoms with Crippen LogP contribution in [-0.4, -0.2) is 40.0 Å². The van der Waals surface area contributed by atoms with Crippen LogP contribution in [0.1, 0.15) is 18.1 Å². The van der Waals surface area contributed by atoms with E-state index in [4.69, 9.17) is 0 Å². The van der Waals surface area contributed by atoms with Gasteiger partial charge in [0.2, 0.25) is 11.8 Å². The summed E-state index contributed by atoms with van der Waals surface area (Å²) in [6.07, 6.45) is 0.685. The van der Waals surface area contributed by atoms with E-state index in [0.717, 1.165) is 11.1 Å². The van der Waals surface area contributed by atoms with Crippen LogP contribution in [0.25, 0.3) is 0 Å². The maximum Gasteiger partial charge on any atom is 0.270 e. The van der Waals surface area contributed by atoms with Gasteiger partial charge in [0.25, 0.3) is 5.69 Å². The maximum atomic E-state index is 13.6. The Labute approximate surface area is 203 Å². The SMILES string of the molecule is CC(=O)NC(CSc1cccc([N+](=O)[O-])c1)C(=O)N(CCc1ccccc1)Cc1ccccc1. The number of rotatable bonds is 11. The summed E-state index contributed by atoms with van der Waals surface area (Å²) < 4.78 is 0. The average molecular weight is 478 g/mol. The summed E-state index contributed by atoms with van der Waals surface area (Å²) in [7, 11) is 0. The predicted octanol–water partition coefficient (Wildman–Crippen LogP) is 4.46. The summed E-state index contributed by atoms with van der Waals surface area (Å²) in [6.45, 7) is 2.29. The second kappa shape index (κ2) is 12.6. The zero-order chi connectivity index (χ0) is 24.3. The van der Waals surface area contributed by atoms with E-state index in [1.54, 1.807) is 17.0 Å². The molecule has 0 bridgehead atoms. The molecule has 1 unspecified atom stereocenters. The molecule has 0 aliphatic carbocycles. The van der Waals surface area contributed by atoms with Gasteiger partial charge in [0.15, 0.2) is 0 Å². The van der Waals surface area contributed by atoms with E-state index in [1.807, 2.05) is 60.7 Å². The van der Waals surface area contributed by atoms with Crippen molar-refractivity contribution in [1.29, 1.82) is 0 Å². The summed E-state index contributed by atoms with van der Waals surface area (Å²) in [4.78, 5) is 38.5. The molecule has 3 rings (SSSR count). The number of thioether (sulfide) groups is 1. The fourth-order valence-electron chi connectivity index (χ4n) is 3.49. The van der Waals surface area contributed by atoms with Gasteiger partial charge in [-0.15, -0.1) is 11.8 Å². The Bertz CT molecular complexity index is 1110. The van der Waals surface area contributed by atoms with Crippen LogP contribution < -0.4 is 5.32 Å². The van der Waals surface area contributed by atoms with Crippen molar-refractivity contribution in [2.45, 2.75) is 30.8 Å². The Morgan fingerprint density at radius 1 is 0.971 bits per heavy atom. The molecule has 34 heavy (non-hydrogen) atoms. The quantitative estimate of drug-likeness (QED) is 0.250. The first-order chi connectivity index (χ1) is 16.4. The number of benzene rings is 3. The van der Waals surface area contributed by atoms with E-state index in [0.29, 0.717) is 24.4 Å². The number of carbonyl (C=O) groups is 2. The van der Waals surface area contributed by atoms with Crippen molar-refractivity contribution in [2.75, 3.05) is 12.3 Å². The lowest BCUT2D eigenvalue weighted by Crippen LogP contribution is -2.49. The minimum atomic E-state index is -0.763. The van der Waals surface area contributed by atoms with Gasteiger partial charge in [0, 0.05) is 42.8 Å². The summed E-state index contributed by atoms with van der Waals surface area (Å²) in [5, 5.41) is 13.8. The van der Waals surface area contributed by atoms with Gasteiger partial charge >= 0.3 is 0 Å². The molecule has 0 spiro atoms. The first-order valence-electron chi connectivity index (χ1n) is 10.9. The smallest absolute Gasteiger partial charge is 0.270 e. The van der Waals surface area contributed by atoms with E-state index in [-0.39, 0.29) is 23.3 Å². The zero-order valence-electron chi connectivity index (χ0n) is 18.9. The van der Waals surface area contributed by atoms with Crippen LogP contribution in [-0.2, 0) is 22.6 Å². The molecule has 1 N–H and O–H groups in total. The van der Waals surface area contributed by atoms with Crippen LogP contribution in [0.3, 0.4) is 0 Å². The van der Waals surface area contributed by atoms with Gasteiger partial charge in [0.1, 0.15) is 6.04 Å². The van der Waals surface area contributed by atoms with E-state index in [2.05, 4.69) is 5.32 Å². The van der Waals surface area contributed by atoms with Crippen LogP contribution in [0.15, 0.2) is 89.8 Å². The third kappa shape index (κ3) is 7.74. The van der Waals surface area contributed by atoms with Crippen LogP contribution in [0.4, 0.5) is 5.69 Å². The van der Waals surface area contributed by atoms with Crippen LogP contribution in [0.2, 0.25) is 0 Å². The first-order valence-corrected chi connectivity index (χ1v) is 11.9. The topological polar surface area (TPSA) is 92.5 Å². The Morgan fingerprint density at radius 2 is 1.62 bits per heavy atom. The number of hydrogen-bond acceptors (Lipinski definition) is 5. The lowest BCUT2D eigenvalue weighted by atomic mass is 10.1. The van der Waals surface area contributed by atoms with E-state index >= 15 is 0 Å². The molecule has 0 radical (unpaired) electrons. The van der Waals surface area contributed by atoms with Crippen LogP contribution in [0.5, 0.6) is 0 Å². The minimum Gasteiger partial charge on any atom is -0.344 e. The van der Waals surface area contributed by atoms with Crippen molar-refractivity contribution in [3.63, 3.8) is 0 Å². The molecule has 0 aliphatic rings. The molecule has 7 nitrogen and oxygen atoms in total. The number of non-ortho nitro benzene ring substituents is 1. The molecule has 2 amide bonds. The summed E-state index contributed by atoms with van der Waals surface area (Å²) in [5.41, 5.74) is 2.10. The van der Waals surface area contributed by atoms with Gasteiger partial charge in [-0.2, -0.15) is 0 Å². The molecule has 8 heteroatoms. The van der Waals surface area contributed by atoms with Crippen LogP contribution in [0, 0.1) is 10.1 Å². The number of nitrogens with zero attached hydrogens (tertiary/aromatic N) is 2. The van der Waals surface area contributed by atoms with Crippen LogP contribution >= 0.6 is 11.8 Å². The monoisotopic (exact) mass is 477 g/mol. The Kier molecular flexibility index (Phi) is 9.22. The number of nitrogens with one attached hydrogen (secondary N) is 1. The summed E-state index contributed by atoms with van der Waals surface area (Å²) in [5.74, 6) is -0.232. The van der Waals surface area contributed by atoms with Gasteiger partial charge in [-0.3, -0.25) is 19.7 Å². The first kappa shape index (κ1) is 25.0. The number of hydrogen-bond donors (Lipinski definition) is 1. The third-order valence-electron chi connectivity index (χ3n) is 5.16. The molecule has 1 atom stereocenters. The normalized spacial score (nSPS) is 11.4. The molecule has 3 aromatic carbocycles. The third-order valence-corrected chi connectivity index (χ3v) is 6.25. The van der Waals surface area contributed by atoms with Crippen molar-refractivity contribution in [3.8, 4) is 0 Å². The molecule has 0 aromatic heterocycles. The highest BCUT2D eigenvalue weighted by molar-refractivity contribution is 7.99. The zero-order valence-corrected chi connectivity index (χ0v) is 19.7. The highest BCUT2D eigenvalue weighted by Gasteiger charge is 2.26. The summed E-state index contributed by atoms with van der Waals surface area (Å²) in [6, 6.07) is 25.1. The molecule has 3 aromatic rings. The Balaban J connectivity index is 1.77. The van der Waals surface area contributed by atoms with Gasteiger partial charge in [-0.05, 0) is 23.6 Å². The highest BCUT2D eigenvalue weighted by Crippen LogP contribution is 2.24. The molecule has 0 aliphatic heterocycles. The van der Waals surface area contributed by atoms with E-state index < -0.39 is 11.0 Å². The molecular weight excluding hydrogens is 450 g/mol. The number of carbonyl (C=O) groups excluding carboxylic acids is 2. The largest absolute Gasteiger partial charge is 0.344 e. The number of amides is 2. The van der Waals surface area contributed by atoms with Crippen molar-refractivity contribution in [3.05, 3.63) is 106 Å². The molecule has 0 fully saturated rings.